The highest BCUT2D eigenvalue weighted by Gasteiger charge is 2.30. The summed E-state index contributed by atoms with van der Waals surface area (Å²) in [6.45, 7) is 3.72. The monoisotopic (exact) mass is 644 g/mol. The Morgan fingerprint density at radius 1 is 0.833 bits per heavy atom. The molecule has 8 heteroatoms. The Bertz CT molecular complexity index is 1820. The maximum Gasteiger partial charge on any atom is 0.161 e. The lowest BCUT2D eigenvalue weighted by molar-refractivity contribution is 0.207. The van der Waals surface area contributed by atoms with Crippen LogP contribution in [0.15, 0.2) is 72.9 Å². The number of ether oxygens (including phenoxy) is 2. The van der Waals surface area contributed by atoms with Crippen molar-refractivity contribution in [1.82, 2.24) is 24.9 Å². The first-order valence-corrected chi connectivity index (χ1v) is 17.8. The predicted molar refractivity (Wildman–Crippen MR) is 192 cm³/mol. The summed E-state index contributed by atoms with van der Waals surface area (Å²) in [6, 6.07) is 24.0. The van der Waals surface area contributed by atoms with Crippen molar-refractivity contribution < 1.29 is 9.47 Å². The average molecular weight is 645 g/mol. The van der Waals surface area contributed by atoms with Crippen LogP contribution in [0.25, 0.3) is 10.9 Å². The van der Waals surface area contributed by atoms with E-state index in [0.29, 0.717) is 0 Å². The zero-order chi connectivity index (χ0) is 32.7. The predicted octanol–water partition coefficient (Wildman–Crippen LogP) is 7.59. The fraction of sp³-hybridized carbons (Fsp3) is 0.425. The Balaban J connectivity index is 0.891. The maximum atomic E-state index is 5.70. The van der Waals surface area contributed by atoms with Crippen molar-refractivity contribution in [2.75, 3.05) is 39.2 Å². The number of nitrogens with zero attached hydrogens (tertiary/aromatic N) is 5. The van der Waals surface area contributed by atoms with Crippen molar-refractivity contribution in [3.63, 3.8) is 0 Å². The van der Waals surface area contributed by atoms with Crippen LogP contribution < -0.4 is 14.8 Å². The number of rotatable bonds is 14. The highest BCUT2D eigenvalue weighted by Crippen LogP contribution is 2.41. The van der Waals surface area contributed by atoms with Gasteiger partial charge in [-0.05, 0) is 98.4 Å². The van der Waals surface area contributed by atoms with Crippen LogP contribution >= 0.6 is 0 Å². The third-order valence-corrected chi connectivity index (χ3v) is 10.1. The van der Waals surface area contributed by atoms with Crippen LogP contribution in [-0.2, 0) is 32.2 Å². The molecule has 1 aliphatic carbocycles. The molecule has 2 aromatic heterocycles. The molecule has 0 fully saturated rings. The van der Waals surface area contributed by atoms with Gasteiger partial charge in [0.2, 0.25) is 0 Å². The Hall–Kier alpha value is -4.43. The van der Waals surface area contributed by atoms with E-state index in [-0.39, 0.29) is 6.04 Å². The van der Waals surface area contributed by atoms with Gasteiger partial charge < -0.3 is 14.8 Å². The van der Waals surface area contributed by atoms with Crippen LogP contribution in [-0.4, -0.2) is 58.7 Å². The van der Waals surface area contributed by atoms with Crippen molar-refractivity contribution >= 4 is 16.6 Å². The molecular formula is C40H48N6O2. The number of anilines is 1. The zero-order valence-corrected chi connectivity index (χ0v) is 28.5. The van der Waals surface area contributed by atoms with Crippen LogP contribution in [0.3, 0.4) is 0 Å². The zero-order valence-electron chi connectivity index (χ0n) is 28.5. The molecule has 8 nitrogen and oxygen atoms in total. The molecule has 7 rings (SSSR count). The molecule has 0 amide bonds. The van der Waals surface area contributed by atoms with E-state index >= 15 is 0 Å². The van der Waals surface area contributed by atoms with Crippen molar-refractivity contribution in [1.29, 1.82) is 0 Å². The number of para-hydroxylation sites is 1. The van der Waals surface area contributed by atoms with E-state index in [2.05, 4.69) is 93.5 Å². The maximum absolute atomic E-state index is 5.70. The number of hydrogen-bond acceptors (Lipinski definition) is 7. The molecule has 48 heavy (non-hydrogen) atoms. The lowest BCUT2D eigenvalue weighted by Crippen LogP contribution is -2.36. The van der Waals surface area contributed by atoms with Crippen molar-refractivity contribution in [2.24, 2.45) is 0 Å². The molecule has 0 saturated heterocycles. The molecule has 3 heterocycles. The van der Waals surface area contributed by atoms with Crippen LogP contribution in [0.1, 0.15) is 78.2 Å². The Labute approximate surface area is 284 Å². The summed E-state index contributed by atoms with van der Waals surface area (Å²) < 4.78 is 13.3. The molecule has 2 aliphatic rings. The van der Waals surface area contributed by atoms with Gasteiger partial charge in [0.15, 0.2) is 11.5 Å². The van der Waals surface area contributed by atoms with E-state index in [0.717, 1.165) is 81.0 Å². The molecular weight excluding hydrogens is 596 g/mol. The standard InChI is InChI=1S/C40H48N6O2/c1-47-37-26-30-21-24-45(40(29-14-6-5-7-15-29)34(30)27-38(37)48-2)23-13-4-3-8-16-31-28-46(44-43-31)25-22-41-39-32-17-9-11-19-35(32)42-36-20-12-10-18-33(36)39/h5-7,9,11,14-15,17,19,26-28,40H,3-4,8,10,12-13,16,18,20-25H2,1-2H3,(H,41,42)/t40-/m1/s1. The van der Waals surface area contributed by atoms with Crippen LogP contribution in [0.4, 0.5) is 5.69 Å². The second-order valence-electron chi connectivity index (χ2n) is 13.2. The van der Waals surface area contributed by atoms with Gasteiger partial charge in [0.25, 0.3) is 0 Å². The van der Waals surface area contributed by atoms with E-state index in [9.17, 15) is 0 Å². The summed E-state index contributed by atoms with van der Waals surface area (Å²) in [5.41, 5.74) is 10.1. The van der Waals surface area contributed by atoms with Crippen molar-refractivity contribution in [3.8, 4) is 11.5 Å². The number of methoxy groups -OCH3 is 2. The molecule has 1 N–H and O–H groups in total. The van der Waals surface area contributed by atoms with E-state index in [4.69, 9.17) is 14.5 Å². The highest BCUT2D eigenvalue weighted by molar-refractivity contribution is 5.93. The van der Waals surface area contributed by atoms with Crippen molar-refractivity contribution in [2.45, 2.75) is 76.8 Å². The number of hydrogen-bond donors (Lipinski definition) is 1. The number of benzene rings is 3. The van der Waals surface area contributed by atoms with Gasteiger partial charge >= 0.3 is 0 Å². The Morgan fingerprint density at radius 3 is 2.50 bits per heavy atom. The minimum atomic E-state index is 0.224. The van der Waals surface area contributed by atoms with E-state index in [1.807, 2.05) is 4.68 Å². The number of nitrogens with one attached hydrogen (secondary N) is 1. The van der Waals surface area contributed by atoms with E-state index < -0.39 is 0 Å². The number of pyridine rings is 1. The summed E-state index contributed by atoms with van der Waals surface area (Å²) in [5, 5.41) is 13.9. The molecule has 0 unspecified atom stereocenters. The normalized spacial score (nSPS) is 16.0. The van der Waals surface area contributed by atoms with E-state index in [1.54, 1.807) is 14.2 Å². The second kappa shape index (κ2) is 15.2. The van der Waals surface area contributed by atoms with Gasteiger partial charge in [-0.3, -0.25) is 14.6 Å². The first-order chi connectivity index (χ1) is 23.7. The third-order valence-electron chi connectivity index (χ3n) is 10.1. The average Bonchev–Trinajstić information content (AvgIpc) is 3.59. The van der Waals surface area contributed by atoms with Gasteiger partial charge in [0.1, 0.15) is 0 Å². The van der Waals surface area contributed by atoms with E-state index in [1.165, 1.54) is 71.1 Å². The summed E-state index contributed by atoms with van der Waals surface area (Å²) in [6.07, 6.45) is 13.5. The smallest absolute Gasteiger partial charge is 0.161 e. The highest BCUT2D eigenvalue weighted by atomic mass is 16.5. The largest absolute Gasteiger partial charge is 0.493 e. The molecule has 0 radical (unpaired) electrons. The second-order valence-corrected chi connectivity index (χ2v) is 13.2. The van der Waals surface area contributed by atoms with Gasteiger partial charge in [-0.25, -0.2) is 0 Å². The summed E-state index contributed by atoms with van der Waals surface area (Å²) in [7, 11) is 3.43. The molecule has 5 aromatic rings. The summed E-state index contributed by atoms with van der Waals surface area (Å²) in [4.78, 5) is 7.62. The number of aryl methyl sites for hydroxylation is 2. The fourth-order valence-electron chi connectivity index (χ4n) is 7.67. The first kappa shape index (κ1) is 32.1. The lowest BCUT2D eigenvalue weighted by atomic mass is 9.87. The summed E-state index contributed by atoms with van der Waals surface area (Å²) in [5.74, 6) is 1.61. The van der Waals surface area contributed by atoms with Gasteiger partial charge in [-0.15, -0.1) is 5.10 Å². The Morgan fingerprint density at radius 2 is 1.62 bits per heavy atom. The molecule has 0 bridgehead atoms. The topological polar surface area (TPSA) is 77.3 Å². The SMILES string of the molecule is COc1cc2c(cc1OC)[C@@H](c1ccccc1)N(CCCCCCc1cn(CCNc3c4c(nc5ccccc35)CCCC4)nn1)CC2. The quantitative estimate of drug-likeness (QED) is 0.125. The molecule has 1 atom stereocenters. The summed E-state index contributed by atoms with van der Waals surface area (Å²) >= 11 is 0. The van der Waals surface area contributed by atoms with Gasteiger partial charge in [-0.1, -0.05) is 66.6 Å². The third kappa shape index (κ3) is 7.04. The number of aromatic nitrogens is 4. The Kier molecular flexibility index (Phi) is 10.2. The molecule has 3 aromatic carbocycles. The van der Waals surface area contributed by atoms with Gasteiger partial charge in [0.05, 0.1) is 38.0 Å². The number of fused-ring (bicyclic) bond motifs is 3. The lowest BCUT2D eigenvalue weighted by Gasteiger charge is -2.38. The minimum Gasteiger partial charge on any atom is -0.493 e. The minimum absolute atomic E-state index is 0.224. The molecule has 0 saturated carbocycles. The fourth-order valence-corrected chi connectivity index (χ4v) is 7.67. The van der Waals surface area contributed by atoms with Crippen molar-refractivity contribution in [3.05, 3.63) is 107 Å². The van der Waals surface area contributed by atoms with Crippen LogP contribution in [0, 0.1) is 0 Å². The van der Waals surface area contributed by atoms with Gasteiger partial charge in [0, 0.05) is 36.1 Å². The first-order valence-electron chi connectivity index (χ1n) is 17.8. The van der Waals surface area contributed by atoms with Crippen LogP contribution in [0.5, 0.6) is 11.5 Å². The molecule has 1 aliphatic heterocycles. The molecule has 250 valence electrons. The van der Waals surface area contributed by atoms with Crippen LogP contribution in [0.2, 0.25) is 0 Å². The molecule has 0 spiro atoms. The number of unbranched alkanes of at least 4 members (excludes halogenated alkanes) is 3. The van der Waals surface area contributed by atoms with Gasteiger partial charge in [-0.2, -0.15) is 0 Å².